The minimum Gasteiger partial charge on any atom is -0.497 e. The molecule has 0 radical (unpaired) electrons. The van der Waals surface area contributed by atoms with Crippen molar-refractivity contribution in [1.82, 2.24) is 15.3 Å². The van der Waals surface area contributed by atoms with Gasteiger partial charge >= 0.3 is 0 Å². The van der Waals surface area contributed by atoms with Crippen molar-refractivity contribution in [3.8, 4) is 11.5 Å². The van der Waals surface area contributed by atoms with Gasteiger partial charge in [0.2, 0.25) is 11.9 Å². The van der Waals surface area contributed by atoms with Crippen LogP contribution in [0.3, 0.4) is 0 Å². The van der Waals surface area contributed by atoms with E-state index in [1.54, 1.807) is 20.4 Å². The molecule has 0 bridgehead atoms. The highest BCUT2D eigenvalue weighted by atomic mass is 16.5. The van der Waals surface area contributed by atoms with E-state index in [-0.39, 0.29) is 5.91 Å². The van der Waals surface area contributed by atoms with E-state index in [2.05, 4.69) is 25.5 Å². The lowest BCUT2D eigenvalue weighted by Gasteiger charge is -2.32. The molecule has 1 fully saturated rings. The summed E-state index contributed by atoms with van der Waals surface area (Å²) in [6, 6.07) is 7.53. The van der Waals surface area contributed by atoms with Crippen LogP contribution in [0.25, 0.3) is 0 Å². The van der Waals surface area contributed by atoms with Crippen molar-refractivity contribution in [3.63, 3.8) is 0 Å². The van der Waals surface area contributed by atoms with E-state index in [0.29, 0.717) is 24.8 Å². The van der Waals surface area contributed by atoms with Crippen molar-refractivity contribution in [2.24, 2.45) is 5.92 Å². The zero-order valence-electron chi connectivity index (χ0n) is 18.0. The van der Waals surface area contributed by atoms with Crippen LogP contribution < -0.4 is 25.0 Å². The lowest BCUT2D eigenvalue weighted by Crippen LogP contribution is -2.36. The molecule has 3 rings (SSSR count). The summed E-state index contributed by atoms with van der Waals surface area (Å²) in [6.07, 6.45) is 4.26. The van der Waals surface area contributed by atoms with Crippen molar-refractivity contribution in [3.05, 3.63) is 36.0 Å². The van der Waals surface area contributed by atoms with Crippen LogP contribution in [0.1, 0.15) is 31.7 Å². The van der Waals surface area contributed by atoms with Crippen molar-refractivity contribution in [2.75, 3.05) is 44.1 Å². The molecule has 1 aromatic carbocycles. The molecule has 162 valence electrons. The fourth-order valence-corrected chi connectivity index (χ4v) is 3.68. The second-order valence-electron chi connectivity index (χ2n) is 7.36. The molecule has 0 unspecified atom stereocenters. The molecule has 0 atom stereocenters. The number of hydrogen-bond donors (Lipinski definition) is 2. The van der Waals surface area contributed by atoms with Gasteiger partial charge in [-0.25, -0.2) is 4.98 Å². The smallest absolute Gasteiger partial charge is 0.224 e. The first-order valence-electron chi connectivity index (χ1n) is 10.4. The highest BCUT2D eigenvalue weighted by Gasteiger charge is 2.22. The summed E-state index contributed by atoms with van der Waals surface area (Å²) >= 11 is 0. The molecule has 1 saturated heterocycles. The van der Waals surface area contributed by atoms with Gasteiger partial charge in [0, 0.05) is 44.4 Å². The maximum atomic E-state index is 12.5. The van der Waals surface area contributed by atoms with Crippen molar-refractivity contribution in [2.45, 2.75) is 32.7 Å². The van der Waals surface area contributed by atoms with E-state index in [0.717, 1.165) is 55.4 Å². The minimum atomic E-state index is 0.0646. The minimum absolute atomic E-state index is 0.0646. The number of carbonyl (C=O) groups is 1. The SMILES string of the molecule is CCNc1nccc(N2CCC(CC(=O)NCc3cc(OC)ccc3OC)CC2)n1. The molecular weight excluding hydrogens is 382 g/mol. The van der Waals surface area contributed by atoms with E-state index in [4.69, 9.17) is 9.47 Å². The molecule has 2 N–H and O–H groups in total. The lowest BCUT2D eigenvalue weighted by atomic mass is 9.93. The predicted molar refractivity (Wildman–Crippen MR) is 117 cm³/mol. The number of nitrogens with one attached hydrogen (secondary N) is 2. The van der Waals surface area contributed by atoms with Crippen LogP contribution in [0.15, 0.2) is 30.5 Å². The van der Waals surface area contributed by atoms with E-state index in [1.807, 2.05) is 31.2 Å². The fraction of sp³-hybridized carbons (Fsp3) is 0.500. The number of methoxy groups -OCH3 is 2. The number of ether oxygens (including phenoxy) is 2. The Hall–Kier alpha value is -3.03. The van der Waals surface area contributed by atoms with Gasteiger partial charge in [0.1, 0.15) is 17.3 Å². The van der Waals surface area contributed by atoms with Gasteiger partial charge in [0.15, 0.2) is 0 Å². The summed E-state index contributed by atoms with van der Waals surface area (Å²) in [5, 5.41) is 6.17. The molecule has 2 aromatic rings. The van der Waals surface area contributed by atoms with Crippen LogP contribution in [-0.4, -0.2) is 49.7 Å². The standard InChI is InChI=1S/C22H31N5O3/c1-4-23-22-24-10-7-20(26-22)27-11-8-16(9-12-27)13-21(28)25-15-17-14-18(29-2)5-6-19(17)30-3/h5-7,10,14,16H,4,8-9,11-13,15H2,1-3H3,(H,25,28)(H,23,24,26). The third-order valence-electron chi connectivity index (χ3n) is 5.35. The zero-order valence-corrected chi connectivity index (χ0v) is 18.0. The van der Waals surface area contributed by atoms with E-state index in [9.17, 15) is 4.79 Å². The average molecular weight is 414 g/mol. The molecule has 1 aromatic heterocycles. The molecule has 8 nitrogen and oxygen atoms in total. The van der Waals surface area contributed by atoms with E-state index < -0.39 is 0 Å². The Labute approximate surface area is 178 Å². The first-order chi connectivity index (χ1) is 14.6. The Balaban J connectivity index is 1.47. The molecule has 8 heteroatoms. The average Bonchev–Trinajstić information content (AvgIpc) is 2.78. The highest BCUT2D eigenvalue weighted by molar-refractivity contribution is 5.76. The third-order valence-corrected chi connectivity index (χ3v) is 5.35. The fourth-order valence-electron chi connectivity index (χ4n) is 3.68. The van der Waals surface area contributed by atoms with Crippen LogP contribution >= 0.6 is 0 Å². The normalized spacial score (nSPS) is 14.3. The van der Waals surface area contributed by atoms with E-state index >= 15 is 0 Å². The molecule has 2 heterocycles. The van der Waals surface area contributed by atoms with Gasteiger partial charge in [0.25, 0.3) is 0 Å². The highest BCUT2D eigenvalue weighted by Crippen LogP contribution is 2.26. The van der Waals surface area contributed by atoms with Gasteiger partial charge in [-0.1, -0.05) is 0 Å². The second kappa shape index (κ2) is 10.7. The topological polar surface area (TPSA) is 88.6 Å². The molecule has 0 spiro atoms. The number of hydrogen-bond acceptors (Lipinski definition) is 7. The van der Waals surface area contributed by atoms with Gasteiger partial charge in [-0.05, 0) is 49.9 Å². The Morgan fingerprint density at radius 1 is 1.20 bits per heavy atom. The van der Waals surface area contributed by atoms with Gasteiger partial charge in [-0.15, -0.1) is 0 Å². The summed E-state index contributed by atoms with van der Waals surface area (Å²) in [5.41, 5.74) is 0.903. The lowest BCUT2D eigenvalue weighted by molar-refractivity contribution is -0.122. The van der Waals surface area contributed by atoms with Crippen molar-refractivity contribution >= 4 is 17.7 Å². The van der Waals surface area contributed by atoms with Gasteiger partial charge in [0.05, 0.1) is 14.2 Å². The van der Waals surface area contributed by atoms with Gasteiger partial charge in [-0.2, -0.15) is 4.98 Å². The Morgan fingerprint density at radius 3 is 2.70 bits per heavy atom. The van der Waals surface area contributed by atoms with Crippen LogP contribution in [-0.2, 0) is 11.3 Å². The van der Waals surface area contributed by atoms with Crippen LogP contribution in [0.2, 0.25) is 0 Å². The number of rotatable bonds is 9. The number of aromatic nitrogens is 2. The monoisotopic (exact) mass is 413 g/mol. The van der Waals surface area contributed by atoms with Gasteiger partial charge < -0.3 is 25.0 Å². The summed E-state index contributed by atoms with van der Waals surface area (Å²) in [6.45, 7) is 5.03. The predicted octanol–water partition coefficient (Wildman–Crippen LogP) is 2.85. The Morgan fingerprint density at radius 2 is 2.00 bits per heavy atom. The van der Waals surface area contributed by atoms with Crippen LogP contribution in [0.4, 0.5) is 11.8 Å². The molecular formula is C22H31N5O3. The first-order valence-corrected chi connectivity index (χ1v) is 10.4. The largest absolute Gasteiger partial charge is 0.497 e. The number of benzene rings is 1. The summed E-state index contributed by atoms with van der Waals surface area (Å²) in [7, 11) is 3.25. The number of carbonyl (C=O) groups excluding carboxylic acids is 1. The molecule has 30 heavy (non-hydrogen) atoms. The number of amides is 1. The Bertz CT molecular complexity index is 837. The number of piperidine rings is 1. The van der Waals surface area contributed by atoms with Crippen LogP contribution in [0.5, 0.6) is 11.5 Å². The Kier molecular flexibility index (Phi) is 7.70. The van der Waals surface area contributed by atoms with E-state index in [1.165, 1.54) is 0 Å². The van der Waals surface area contributed by atoms with Crippen LogP contribution in [0, 0.1) is 5.92 Å². The molecule has 1 amide bonds. The first kappa shape index (κ1) is 21.7. The second-order valence-corrected chi connectivity index (χ2v) is 7.36. The number of nitrogens with zero attached hydrogens (tertiary/aromatic N) is 3. The maximum Gasteiger partial charge on any atom is 0.224 e. The summed E-state index contributed by atoms with van der Waals surface area (Å²) in [5.74, 6) is 3.53. The quantitative estimate of drug-likeness (QED) is 0.653. The maximum absolute atomic E-state index is 12.5. The third kappa shape index (κ3) is 5.75. The summed E-state index contributed by atoms with van der Waals surface area (Å²) < 4.78 is 10.6. The van der Waals surface area contributed by atoms with Gasteiger partial charge in [-0.3, -0.25) is 4.79 Å². The van der Waals surface area contributed by atoms with Crippen molar-refractivity contribution in [1.29, 1.82) is 0 Å². The summed E-state index contributed by atoms with van der Waals surface area (Å²) in [4.78, 5) is 23.5. The molecule has 0 saturated carbocycles. The number of anilines is 2. The molecule has 1 aliphatic heterocycles. The van der Waals surface area contributed by atoms with Crippen molar-refractivity contribution < 1.29 is 14.3 Å². The molecule has 0 aliphatic carbocycles. The zero-order chi connectivity index (χ0) is 21.3. The molecule has 1 aliphatic rings.